The van der Waals surface area contributed by atoms with Crippen LogP contribution in [0.1, 0.15) is 52.8 Å². The van der Waals surface area contributed by atoms with Gasteiger partial charge in [-0.25, -0.2) is 0 Å². The lowest BCUT2D eigenvalue weighted by molar-refractivity contribution is 0.102. The normalized spacial score (nSPS) is 11.0. The zero-order valence-electron chi connectivity index (χ0n) is 14.8. The van der Waals surface area contributed by atoms with Crippen LogP contribution in [0, 0.1) is 13.8 Å². The van der Waals surface area contributed by atoms with Gasteiger partial charge < -0.3 is 0 Å². The van der Waals surface area contributed by atoms with Crippen molar-refractivity contribution in [1.29, 1.82) is 0 Å². The average Bonchev–Trinajstić information content (AvgIpc) is 3.02. The number of rotatable bonds is 6. The third kappa shape index (κ3) is 4.20. The molecule has 1 amide bonds. The van der Waals surface area contributed by atoms with Gasteiger partial charge in [0.25, 0.3) is 5.91 Å². The van der Waals surface area contributed by atoms with E-state index in [0.717, 1.165) is 40.0 Å². The van der Waals surface area contributed by atoms with E-state index in [4.69, 9.17) is 0 Å². The van der Waals surface area contributed by atoms with Gasteiger partial charge in [0.1, 0.15) is 5.01 Å². The first kappa shape index (κ1) is 17.5. The monoisotopic (exact) mass is 354 g/mol. The number of pyridine rings is 1. The lowest BCUT2D eigenvalue weighted by Crippen LogP contribution is -2.13. The minimum Gasteiger partial charge on any atom is -0.296 e. The second-order valence-corrected chi connectivity index (χ2v) is 7.31. The Morgan fingerprint density at radius 1 is 1.16 bits per heavy atom. The molecule has 3 rings (SSSR count). The number of aromatic nitrogens is 3. The molecule has 0 aliphatic carbocycles. The maximum atomic E-state index is 12.8. The Kier molecular flexibility index (Phi) is 5.38. The third-order valence-electron chi connectivity index (χ3n) is 4.02. The van der Waals surface area contributed by atoms with Crippen LogP contribution >= 0.6 is 11.3 Å². The molecular weight excluding hydrogens is 332 g/mol. The number of nitrogens with zero attached hydrogens (tertiary/aromatic N) is 3. The van der Waals surface area contributed by atoms with Crippen molar-refractivity contribution in [3.05, 3.63) is 46.1 Å². The summed E-state index contributed by atoms with van der Waals surface area (Å²) >= 11 is 1.45. The lowest BCUT2D eigenvalue weighted by atomic mass is 10.0. The van der Waals surface area contributed by atoms with Gasteiger partial charge in [-0.2, -0.15) is 0 Å². The molecule has 1 N–H and O–H groups in total. The van der Waals surface area contributed by atoms with E-state index in [1.165, 1.54) is 24.2 Å². The van der Waals surface area contributed by atoms with Crippen LogP contribution in [0.5, 0.6) is 0 Å². The van der Waals surface area contributed by atoms with Crippen molar-refractivity contribution in [2.75, 3.05) is 5.32 Å². The number of anilines is 1. The molecule has 25 heavy (non-hydrogen) atoms. The molecule has 0 spiro atoms. The van der Waals surface area contributed by atoms with Crippen LogP contribution in [0.2, 0.25) is 0 Å². The van der Waals surface area contributed by atoms with Gasteiger partial charge in [0.05, 0.1) is 11.1 Å². The van der Waals surface area contributed by atoms with Crippen LogP contribution in [0.25, 0.3) is 10.9 Å². The van der Waals surface area contributed by atoms with Crippen molar-refractivity contribution in [3.8, 4) is 0 Å². The molecule has 0 unspecified atom stereocenters. The molecule has 0 fully saturated rings. The van der Waals surface area contributed by atoms with Crippen LogP contribution < -0.4 is 5.32 Å². The fourth-order valence-corrected chi connectivity index (χ4v) is 3.53. The summed E-state index contributed by atoms with van der Waals surface area (Å²) in [5.41, 5.74) is 3.36. The molecule has 1 aromatic carbocycles. The summed E-state index contributed by atoms with van der Waals surface area (Å²) in [7, 11) is 0. The van der Waals surface area contributed by atoms with E-state index in [1.807, 2.05) is 38.1 Å². The van der Waals surface area contributed by atoms with Gasteiger partial charge in [0.15, 0.2) is 0 Å². The first-order valence-electron chi connectivity index (χ1n) is 8.58. The fourth-order valence-electron chi connectivity index (χ4n) is 2.76. The maximum Gasteiger partial charge on any atom is 0.258 e. The summed E-state index contributed by atoms with van der Waals surface area (Å²) in [5, 5.41) is 13.5. The third-order valence-corrected chi connectivity index (χ3v) is 4.92. The van der Waals surface area contributed by atoms with E-state index in [-0.39, 0.29) is 5.91 Å². The Balaban J connectivity index is 1.82. The summed E-state index contributed by atoms with van der Waals surface area (Å²) in [5.74, 6) is -0.169. The van der Waals surface area contributed by atoms with E-state index in [1.54, 1.807) is 0 Å². The smallest absolute Gasteiger partial charge is 0.258 e. The van der Waals surface area contributed by atoms with E-state index < -0.39 is 0 Å². The molecule has 0 radical (unpaired) electrons. The van der Waals surface area contributed by atoms with Crippen LogP contribution in [0.3, 0.4) is 0 Å². The summed E-state index contributed by atoms with van der Waals surface area (Å²) in [6.07, 6.45) is 4.38. The standard InChI is InChI=1S/C19H22N4OS/c1-4-5-6-7-17-22-23-19(25-17)21-18(24)15-11-13(3)20-16-9-8-12(2)10-14(15)16/h8-11H,4-7H2,1-3H3,(H,21,23,24). The Bertz CT molecular complexity index is 904. The van der Waals surface area contributed by atoms with Crippen molar-refractivity contribution < 1.29 is 4.79 Å². The summed E-state index contributed by atoms with van der Waals surface area (Å²) < 4.78 is 0. The predicted molar refractivity (Wildman–Crippen MR) is 102 cm³/mol. The number of benzene rings is 1. The molecule has 130 valence electrons. The topological polar surface area (TPSA) is 67.8 Å². The molecule has 0 aliphatic rings. The second-order valence-electron chi connectivity index (χ2n) is 6.24. The number of amides is 1. The largest absolute Gasteiger partial charge is 0.296 e. The molecular formula is C19H22N4OS. The van der Waals surface area contributed by atoms with E-state index in [9.17, 15) is 4.79 Å². The highest BCUT2D eigenvalue weighted by molar-refractivity contribution is 7.15. The van der Waals surface area contributed by atoms with Gasteiger partial charge in [0.2, 0.25) is 5.13 Å². The molecule has 0 saturated heterocycles. The van der Waals surface area contributed by atoms with Crippen molar-refractivity contribution in [3.63, 3.8) is 0 Å². The number of aryl methyl sites for hydroxylation is 3. The van der Waals surface area contributed by atoms with Gasteiger partial charge in [-0.3, -0.25) is 15.1 Å². The average molecular weight is 354 g/mol. The number of hydrogen-bond donors (Lipinski definition) is 1. The quantitative estimate of drug-likeness (QED) is 0.652. The van der Waals surface area contributed by atoms with Gasteiger partial charge in [0, 0.05) is 17.5 Å². The lowest BCUT2D eigenvalue weighted by Gasteiger charge is -2.08. The highest BCUT2D eigenvalue weighted by Gasteiger charge is 2.14. The zero-order chi connectivity index (χ0) is 17.8. The predicted octanol–water partition coefficient (Wildman–Crippen LogP) is 4.69. The van der Waals surface area contributed by atoms with Crippen LogP contribution in [-0.2, 0) is 6.42 Å². The zero-order valence-corrected chi connectivity index (χ0v) is 15.6. The van der Waals surface area contributed by atoms with Crippen LogP contribution in [0.4, 0.5) is 5.13 Å². The van der Waals surface area contributed by atoms with Crippen molar-refractivity contribution in [2.45, 2.75) is 46.5 Å². The Labute approximate surface area is 151 Å². The summed E-state index contributed by atoms with van der Waals surface area (Å²) in [6, 6.07) is 7.77. The van der Waals surface area contributed by atoms with Crippen molar-refractivity contribution in [1.82, 2.24) is 15.2 Å². The SMILES string of the molecule is CCCCCc1nnc(NC(=O)c2cc(C)nc3ccc(C)cc23)s1. The number of carbonyl (C=O) groups excluding carboxylic acids is 1. The van der Waals surface area contributed by atoms with Crippen LogP contribution in [-0.4, -0.2) is 21.1 Å². The fraction of sp³-hybridized carbons (Fsp3) is 0.368. The summed E-state index contributed by atoms with van der Waals surface area (Å²) in [6.45, 7) is 6.08. The highest BCUT2D eigenvalue weighted by atomic mass is 32.1. The first-order chi connectivity index (χ1) is 12.1. The Morgan fingerprint density at radius 3 is 2.80 bits per heavy atom. The van der Waals surface area contributed by atoms with Crippen molar-refractivity contribution in [2.24, 2.45) is 0 Å². The first-order valence-corrected chi connectivity index (χ1v) is 9.40. The minimum atomic E-state index is -0.169. The number of fused-ring (bicyclic) bond motifs is 1. The number of carbonyl (C=O) groups is 1. The highest BCUT2D eigenvalue weighted by Crippen LogP contribution is 2.23. The molecule has 2 aromatic heterocycles. The Hall–Kier alpha value is -2.34. The molecule has 2 heterocycles. The van der Waals surface area contributed by atoms with Gasteiger partial charge in [-0.1, -0.05) is 42.7 Å². The number of nitrogens with one attached hydrogen (secondary N) is 1. The molecule has 6 heteroatoms. The second kappa shape index (κ2) is 7.70. The molecule has 0 bridgehead atoms. The van der Waals surface area contributed by atoms with E-state index in [0.29, 0.717) is 10.7 Å². The number of hydrogen-bond acceptors (Lipinski definition) is 5. The van der Waals surface area contributed by atoms with Gasteiger partial charge in [-0.15, -0.1) is 10.2 Å². The van der Waals surface area contributed by atoms with E-state index >= 15 is 0 Å². The molecule has 0 aliphatic heterocycles. The molecule has 5 nitrogen and oxygen atoms in total. The molecule has 0 saturated carbocycles. The van der Waals surface area contributed by atoms with Gasteiger partial charge >= 0.3 is 0 Å². The van der Waals surface area contributed by atoms with Crippen LogP contribution in [0.15, 0.2) is 24.3 Å². The Morgan fingerprint density at radius 2 is 2.00 bits per heavy atom. The molecule has 0 atom stereocenters. The molecule has 3 aromatic rings. The van der Waals surface area contributed by atoms with E-state index in [2.05, 4.69) is 27.4 Å². The minimum absolute atomic E-state index is 0.169. The van der Waals surface area contributed by atoms with Crippen molar-refractivity contribution >= 4 is 33.3 Å². The van der Waals surface area contributed by atoms with Gasteiger partial charge in [-0.05, 0) is 38.5 Å². The maximum absolute atomic E-state index is 12.8. The summed E-state index contributed by atoms with van der Waals surface area (Å²) in [4.78, 5) is 17.3. The number of unbranched alkanes of at least 4 members (excludes halogenated alkanes) is 2.